The predicted molar refractivity (Wildman–Crippen MR) is 62.1 cm³/mol. The molecule has 1 aromatic rings. The number of rotatable bonds is 2. The highest BCUT2D eigenvalue weighted by atomic mass is 32.2. The SMILES string of the molecule is Cc1nccc(NC2CCS(=O)(=O)CC2)n1. The highest BCUT2D eigenvalue weighted by molar-refractivity contribution is 7.91. The first kappa shape index (κ1) is 11.3. The van der Waals surface area contributed by atoms with Crippen LogP contribution < -0.4 is 5.32 Å². The topological polar surface area (TPSA) is 72.0 Å². The summed E-state index contributed by atoms with van der Waals surface area (Å²) < 4.78 is 22.5. The van der Waals surface area contributed by atoms with E-state index >= 15 is 0 Å². The number of sulfone groups is 1. The highest BCUT2D eigenvalue weighted by Gasteiger charge is 2.23. The Morgan fingerprint density at radius 2 is 2.06 bits per heavy atom. The van der Waals surface area contributed by atoms with Crippen LogP contribution >= 0.6 is 0 Å². The quantitative estimate of drug-likeness (QED) is 0.828. The van der Waals surface area contributed by atoms with Gasteiger partial charge in [-0.3, -0.25) is 0 Å². The lowest BCUT2D eigenvalue weighted by atomic mass is 10.1. The Kier molecular flexibility index (Phi) is 3.09. The van der Waals surface area contributed by atoms with Gasteiger partial charge < -0.3 is 5.32 Å². The minimum Gasteiger partial charge on any atom is -0.367 e. The molecule has 0 unspecified atom stereocenters. The third-order valence-electron chi connectivity index (χ3n) is 2.68. The Balaban J connectivity index is 1.97. The van der Waals surface area contributed by atoms with Crippen molar-refractivity contribution in [2.45, 2.75) is 25.8 Å². The van der Waals surface area contributed by atoms with Crippen LogP contribution in [0.4, 0.5) is 5.82 Å². The van der Waals surface area contributed by atoms with Gasteiger partial charge in [-0.05, 0) is 25.8 Å². The van der Waals surface area contributed by atoms with Crippen LogP contribution in [0.3, 0.4) is 0 Å². The van der Waals surface area contributed by atoms with Crippen molar-refractivity contribution in [3.63, 3.8) is 0 Å². The second kappa shape index (κ2) is 4.37. The van der Waals surface area contributed by atoms with Crippen LogP contribution in [-0.4, -0.2) is 35.9 Å². The molecule has 5 nitrogen and oxygen atoms in total. The van der Waals surface area contributed by atoms with E-state index < -0.39 is 9.84 Å². The number of hydrogen-bond donors (Lipinski definition) is 1. The molecule has 0 amide bonds. The zero-order valence-corrected chi connectivity index (χ0v) is 10.00. The van der Waals surface area contributed by atoms with Gasteiger partial charge in [0.1, 0.15) is 21.5 Å². The molecule has 0 aromatic carbocycles. The van der Waals surface area contributed by atoms with Crippen molar-refractivity contribution >= 4 is 15.7 Å². The Morgan fingerprint density at radius 1 is 1.38 bits per heavy atom. The average Bonchev–Trinajstić information content (AvgIpc) is 2.21. The Bertz CT molecular complexity index is 459. The largest absolute Gasteiger partial charge is 0.367 e. The van der Waals surface area contributed by atoms with E-state index in [-0.39, 0.29) is 17.5 Å². The molecule has 0 saturated carbocycles. The smallest absolute Gasteiger partial charge is 0.150 e. The highest BCUT2D eigenvalue weighted by Crippen LogP contribution is 2.16. The molecule has 1 aromatic heterocycles. The van der Waals surface area contributed by atoms with Gasteiger partial charge in [0.15, 0.2) is 0 Å². The number of aromatic nitrogens is 2. The summed E-state index contributed by atoms with van der Waals surface area (Å²) in [4.78, 5) is 8.24. The summed E-state index contributed by atoms with van der Waals surface area (Å²) in [7, 11) is -2.79. The normalized spacial score (nSPS) is 20.6. The van der Waals surface area contributed by atoms with E-state index in [9.17, 15) is 8.42 Å². The maximum Gasteiger partial charge on any atom is 0.150 e. The minimum absolute atomic E-state index is 0.206. The van der Waals surface area contributed by atoms with Crippen LogP contribution in [0.15, 0.2) is 12.3 Å². The van der Waals surface area contributed by atoms with E-state index in [1.807, 2.05) is 6.92 Å². The van der Waals surface area contributed by atoms with E-state index in [0.717, 1.165) is 5.82 Å². The molecule has 1 aliphatic heterocycles. The summed E-state index contributed by atoms with van der Waals surface area (Å²) in [5, 5.41) is 3.24. The van der Waals surface area contributed by atoms with Gasteiger partial charge in [-0.2, -0.15) is 0 Å². The average molecular weight is 241 g/mol. The molecule has 1 N–H and O–H groups in total. The zero-order chi connectivity index (χ0) is 11.6. The van der Waals surface area contributed by atoms with E-state index in [0.29, 0.717) is 18.7 Å². The number of aryl methyl sites for hydroxylation is 1. The second-order valence-electron chi connectivity index (χ2n) is 4.06. The Hall–Kier alpha value is -1.17. The first-order valence-electron chi connectivity index (χ1n) is 5.32. The van der Waals surface area contributed by atoms with E-state index in [2.05, 4.69) is 15.3 Å². The summed E-state index contributed by atoms with van der Waals surface area (Å²) >= 11 is 0. The second-order valence-corrected chi connectivity index (χ2v) is 6.36. The van der Waals surface area contributed by atoms with E-state index in [1.165, 1.54) is 0 Å². The van der Waals surface area contributed by atoms with Crippen molar-refractivity contribution in [2.75, 3.05) is 16.8 Å². The zero-order valence-electron chi connectivity index (χ0n) is 9.18. The van der Waals surface area contributed by atoms with Crippen LogP contribution in [0.1, 0.15) is 18.7 Å². The van der Waals surface area contributed by atoms with Gasteiger partial charge in [-0.1, -0.05) is 0 Å². The predicted octanol–water partition coefficient (Wildman–Crippen LogP) is 0.774. The van der Waals surface area contributed by atoms with Crippen molar-refractivity contribution < 1.29 is 8.42 Å². The van der Waals surface area contributed by atoms with Gasteiger partial charge in [0.05, 0.1) is 11.5 Å². The van der Waals surface area contributed by atoms with Crippen LogP contribution in [0, 0.1) is 6.92 Å². The van der Waals surface area contributed by atoms with Crippen LogP contribution in [-0.2, 0) is 9.84 Å². The third-order valence-corrected chi connectivity index (χ3v) is 4.40. The van der Waals surface area contributed by atoms with Gasteiger partial charge >= 0.3 is 0 Å². The van der Waals surface area contributed by atoms with Gasteiger partial charge in [0.25, 0.3) is 0 Å². The van der Waals surface area contributed by atoms with Gasteiger partial charge in [-0.25, -0.2) is 18.4 Å². The lowest BCUT2D eigenvalue weighted by Gasteiger charge is -2.23. The Morgan fingerprint density at radius 3 is 2.69 bits per heavy atom. The van der Waals surface area contributed by atoms with Crippen LogP contribution in [0.25, 0.3) is 0 Å². The molecular formula is C10H15N3O2S. The molecule has 0 spiro atoms. The molecular weight excluding hydrogens is 226 g/mol. The standard InChI is InChI=1S/C10H15N3O2S/c1-8-11-5-2-10(12-8)13-9-3-6-16(14,15)7-4-9/h2,5,9H,3-4,6-7H2,1H3,(H,11,12,13). The molecule has 0 bridgehead atoms. The summed E-state index contributed by atoms with van der Waals surface area (Å²) in [6.45, 7) is 1.83. The summed E-state index contributed by atoms with van der Waals surface area (Å²) in [6, 6.07) is 2.01. The molecule has 2 rings (SSSR count). The monoisotopic (exact) mass is 241 g/mol. The number of nitrogens with zero attached hydrogens (tertiary/aromatic N) is 2. The first-order valence-corrected chi connectivity index (χ1v) is 7.14. The van der Waals surface area contributed by atoms with Gasteiger partial charge in [0.2, 0.25) is 0 Å². The van der Waals surface area contributed by atoms with Gasteiger partial charge in [0, 0.05) is 12.2 Å². The van der Waals surface area contributed by atoms with Crippen molar-refractivity contribution in [3.8, 4) is 0 Å². The third kappa shape index (κ3) is 2.91. The molecule has 0 atom stereocenters. The van der Waals surface area contributed by atoms with E-state index in [4.69, 9.17) is 0 Å². The van der Waals surface area contributed by atoms with Crippen LogP contribution in [0.5, 0.6) is 0 Å². The van der Waals surface area contributed by atoms with Crippen molar-refractivity contribution in [1.29, 1.82) is 0 Å². The molecule has 6 heteroatoms. The number of nitrogens with one attached hydrogen (secondary N) is 1. The fourth-order valence-corrected chi connectivity index (χ4v) is 3.27. The molecule has 1 saturated heterocycles. The summed E-state index contributed by atoms with van der Waals surface area (Å²) in [5.74, 6) is 2.04. The van der Waals surface area contributed by atoms with E-state index in [1.54, 1.807) is 12.3 Å². The van der Waals surface area contributed by atoms with Crippen molar-refractivity contribution in [3.05, 3.63) is 18.1 Å². The number of anilines is 1. The molecule has 1 fully saturated rings. The van der Waals surface area contributed by atoms with Crippen molar-refractivity contribution in [2.24, 2.45) is 0 Å². The molecule has 88 valence electrons. The van der Waals surface area contributed by atoms with Crippen molar-refractivity contribution in [1.82, 2.24) is 9.97 Å². The molecule has 2 heterocycles. The summed E-state index contributed by atoms with van der Waals surface area (Å²) in [6.07, 6.45) is 3.01. The van der Waals surface area contributed by atoms with Crippen LogP contribution in [0.2, 0.25) is 0 Å². The maximum absolute atomic E-state index is 11.2. The van der Waals surface area contributed by atoms with Gasteiger partial charge in [-0.15, -0.1) is 0 Å². The number of hydrogen-bond acceptors (Lipinski definition) is 5. The fraction of sp³-hybridized carbons (Fsp3) is 0.600. The molecule has 0 radical (unpaired) electrons. The lowest BCUT2D eigenvalue weighted by molar-refractivity contribution is 0.559. The minimum atomic E-state index is -2.79. The fourth-order valence-electron chi connectivity index (χ4n) is 1.78. The first-order chi connectivity index (χ1) is 7.55. The maximum atomic E-state index is 11.2. The molecule has 1 aliphatic rings. The summed E-state index contributed by atoms with van der Waals surface area (Å²) in [5.41, 5.74) is 0. The molecule has 16 heavy (non-hydrogen) atoms. The molecule has 0 aliphatic carbocycles. The lowest BCUT2D eigenvalue weighted by Crippen LogP contribution is -2.32. The Labute approximate surface area is 95.2 Å².